The maximum atomic E-state index is 13.1. The van der Waals surface area contributed by atoms with Gasteiger partial charge >= 0.3 is 5.97 Å². The van der Waals surface area contributed by atoms with Crippen LogP contribution in [0.2, 0.25) is 0 Å². The predicted molar refractivity (Wildman–Crippen MR) is 122 cm³/mol. The Morgan fingerprint density at radius 1 is 1.03 bits per heavy atom. The first-order chi connectivity index (χ1) is 15.9. The number of methoxy groups -OCH3 is 1. The van der Waals surface area contributed by atoms with Gasteiger partial charge in [0, 0.05) is 35.2 Å². The van der Waals surface area contributed by atoms with Gasteiger partial charge in [0.2, 0.25) is 5.75 Å². The molecule has 0 fully saturated rings. The number of ether oxygens (including phenoxy) is 2. The smallest absolute Gasteiger partial charge is 0.308 e. The summed E-state index contributed by atoms with van der Waals surface area (Å²) >= 11 is 1.42. The first kappa shape index (κ1) is 22.2. The standard InChI is InChI=1S/C24H18FN3O4S/c1-14(29)32-23-20(31-2)11-12-26-22(23)24(30)27-17-6-9-19-15(13-17)3-10-21(28-19)33-18-7-4-16(25)5-8-18/h3-13H,1-2H3,(H,27,30). The van der Waals surface area contributed by atoms with Crippen molar-refractivity contribution in [2.75, 3.05) is 12.4 Å². The van der Waals surface area contributed by atoms with Crippen LogP contribution < -0.4 is 14.8 Å². The van der Waals surface area contributed by atoms with Gasteiger partial charge in [0.1, 0.15) is 10.8 Å². The Hall–Kier alpha value is -3.98. The summed E-state index contributed by atoms with van der Waals surface area (Å²) in [5.74, 6) is -1.26. The number of amides is 1. The fourth-order valence-corrected chi connectivity index (χ4v) is 3.84. The summed E-state index contributed by atoms with van der Waals surface area (Å²) in [7, 11) is 1.41. The number of rotatable bonds is 6. The highest BCUT2D eigenvalue weighted by atomic mass is 32.2. The van der Waals surface area contributed by atoms with Crippen LogP contribution in [-0.4, -0.2) is 29.0 Å². The second-order valence-electron chi connectivity index (χ2n) is 6.85. The number of benzene rings is 2. The van der Waals surface area contributed by atoms with Gasteiger partial charge in [0.15, 0.2) is 11.4 Å². The van der Waals surface area contributed by atoms with E-state index in [9.17, 15) is 14.0 Å². The molecule has 2 aromatic carbocycles. The molecule has 0 atom stereocenters. The zero-order valence-electron chi connectivity index (χ0n) is 17.7. The summed E-state index contributed by atoms with van der Waals surface area (Å²) in [6.07, 6.45) is 1.39. The van der Waals surface area contributed by atoms with Crippen molar-refractivity contribution in [2.24, 2.45) is 0 Å². The molecule has 0 aliphatic rings. The second kappa shape index (κ2) is 9.66. The third-order valence-corrected chi connectivity index (χ3v) is 5.45. The average molecular weight is 463 g/mol. The van der Waals surface area contributed by atoms with Gasteiger partial charge in [0.05, 0.1) is 12.6 Å². The number of anilines is 1. The van der Waals surface area contributed by atoms with E-state index < -0.39 is 11.9 Å². The fraction of sp³-hybridized carbons (Fsp3) is 0.0833. The highest BCUT2D eigenvalue weighted by molar-refractivity contribution is 7.99. The summed E-state index contributed by atoms with van der Waals surface area (Å²) in [5, 5.41) is 4.33. The van der Waals surface area contributed by atoms with Crippen molar-refractivity contribution < 1.29 is 23.5 Å². The quantitative estimate of drug-likeness (QED) is 0.398. The van der Waals surface area contributed by atoms with Crippen LogP contribution in [0.1, 0.15) is 17.4 Å². The molecule has 7 nitrogen and oxygen atoms in total. The van der Waals surface area contributed by atoms with Gasteiger partial charge in [-0.05, 0) is 48.5 Å². The number of fused-ring (bicyclic) bond motifs is 1. The first-order valence-electron chi connectivity index (χ1n) is 9.80. The van der Waals surface area contributed by atoms with Gasteiger partial charge in [-0.3, -0.25) is 9.59 Å². The molecular weight excluding hydrogens is 445 g/mol. The summed E-state index contributed by atoms with van der Waals surface area (Å²) in [6.45, 7) is 1.23. The Kier molecular flexibility index (Phi) is 6.50. The third-order valence-electron chi connectivity index (χ3n) is 4.51. The van der Waals surface area contributed by atoms with E-state index in [1.54, 1.807) is 30.3 Å². The normalized spacial score (nSPS) is 10.6. The zero-order valence-corrected chi connectivity index (χ0v) is 18.5. The number of carbonyl (C=O) groups is 2. The lowest BCUT2D eigenvalue weighted by Gasteiger charge is -2.12. The van der Waals surface area contributed by atoms with Crippen molar-refractivity contribution in [1.82, 2.24) is 9.97 Å². The lowest BCUT2D eigenvalue weighted by molar-refractivity contribution is -0.132. The van der Waals surface area contributed by atoms with E-state index >= 15 is 0 Å². The molecule has 0 spiro atoms. The molecule has 2 heterocycles. The number of carbonyl (C=O) groups excluding carboxylic acids is 2. The molecule has 0 saturated heterocycles. The maximum Gasteiger partial charge on any atom is 0.308 e. The van der Waals surface area contributed by atoms with Gasteiger partial charge in [-0.1, -0.05) is 17.8 Å². The highest BCUT2D eigenvalue weighted by Gasteiger charge is 2.21. The van der Waals surface area contributed by atoms with Crippen LogP contribution in [0.3, 0.4) is 0 Å². The number of aromatic nitrogens is 2. The van der Waals surface area contributed by atoms with Crippen molar-refractivity contribution in [3.05, 3.63) is 78.4 Å². The average Bonchev–Trinajstić information content (AvgIpc) is 2.80. The lowest BCUT2D eigenvalue weighted by atomic mass is 10.2. The Bertz CT molecular complexity index is 1350. The van der Waals surface area contributed by atoms with E-state index in [2.05, 4.69) is 15.3 Å². The summed E-state index contributed by atoms with van der Waals surface area (Å²) in [4.78, 5) is 33.8. The van der Waals surface area contributed by atoms with Crippen molar-refractivity contribution in [3.8, 4) is 11.5 Å². The molecule has 33 heavy (non-hydrogen) atoms. The van der Waals surface area contributed by atoms with Crippen LogP contribution in [0.15, 0.2) is 76.8 Å². The van der Waals surface area contributed by atoms with Crippen LogP contribution >= 0.6 is 11.8 Å². The topological polar surface area (TPSA) is 90.4 Å². The molecule has 0 saturated carbocycles. The van der Waals surface area contributed by atoms with E-state index in [4.69, 9.17) is 9.47 Å². The summed E-state index contributed by atoms with van der Waals surface area (Å²) in [6, 6.07) is 16.7. The molecule has 0 aliphatic carbocycles. The van der Waals surface area contributed by atoms with Crippen molar-refractivity contribution in [2.45, 2.75) is 16.8 Å². The zero-order chi connectivity index (χ0) is 23.4. The molecule has 4 aromatic rings. The van der Waals surface area contributed by atoms with Crippen LogP contribution in [0.4, 0.5) is 10.1 Å². The number of nitrogens with zero attached hydrogens (tertiary/aromatic N) is 2. The van der Waals surface area contributed by atoms with E-state index in [1.165, 1.54) is 50.2 Å². The maximum absolute atomic E-state index is 13.1. The van der Waals surface area contributed by atoms with Crippen LogP contribution in [-0.2, 0) is 4.79 Å². The molecule has 4 rings (SSSR count). The molecule has 0 aliphatic heterocycles. The van der Waals surface area contributed by atoms with E-state index in [-0.39, 0.29) is 23.0 Å². The van der Waals surface area contributed by atoms with E-state index in [1.807, 2.05) is 12.1 Å². The molecule has 2 aromatic heterocycles. The lowest BCUT2D eigenvalue weighted by Crippen LogP contribution is -2.17. The molecule has 9 heteroatoms. The minimum atomic E-state index is -0.596. The number of halogens is 1. The van der Waals surface area contributed by atoms with Gasteiger partial charge in [-0.2, -0.15) is 0 Å². The van der Waals surface area contributed by atoms with Gasteiger partial charge in [-0.15, -0.1) is 0 Å². The van der Waals surface area contributed by atoms with E-state index in [0.717, 1.165) is 20.8 Å². The minimum absolute atomic E-state index is 0.0464. The van der Waals surface area contributed by atoms with Gasteiger partial charge in [-0.25, -0.2) is 14.4 Å². The molecule has 0 unspecified atom stereocenters. The van der Waals surface area contributed by atoms with Gasteiger partial charge in [0.25, 0.3) is 5.91 Å². The number of nitrogens with one attached hydrogen (secondary N) is 1. The molecular formula is C24H18FN3O4S. The van der Waals surface area contributed by atoms with E-state index in [0.29, 0.717) is 5.69 Å². The molecule has 1 amide bonds. The monoisotopic (exact) mass is 463 g/mol. The fourth-order valence-electron chi connectivity index (χ4n) is 3.05. The predicted octanol–water partition coefficient (Wildman–Crippen LogP) is 5.11. The van der Waals surface area contributed by atoms with Crippen molar-refractivity contribution in [3.63, 3.8) is 0 Å². The Morgan fingerprint density at radius 3 is 2.55 bits per heavy atom. The van der Waals surface area contributed by atoms with Crippen LogP contribution in [0.5, 0.6) is 11.5 Å². The molecule has 166 valence electrons. The number of hydrogen-bond donors (Lipinski definition) is 1. The number of pyridine rings is 2. The minimum Gasteiger partial charge on any atom is -0.493 e. The van der Waals surface area contributed by atoms with Crippen LogP contribution in [0, 0.1) is 5.82 Å². The number of esters is 1. The Labute approximate surface area is 193 Å². The Balaban J connectivity index is 1.55. The summed E-state index contributed by atoms with van der Waals surface area (Å²) < 4.78 is 23.4. The SMILES string of the molecule is COc1ccnc(C(=O)Nc2ccc3nc(Sc4ccc(F)cc4)ccc3c2)c1OC(C)=O. The largest absolute Gasteiger partial charge is 0.493 e. The van der Waals surface area contributed by atoms with Crippen molar-refractivity contribution in [1.29, 1.82) is 0 Å². The molecule has 0 radical (unpaired) electrons. The first-order valence-corrected chi connectivity index (χ1v) is 10.6. The van der Waals surface area contributed by atoms with Crippen molar-refractivity contribution >= 4 is 40.2 Å². The third kappa shape index (κ3) is 5.27. The molecule has 0 bridgehead atoms. The second-order valence-corrected chi connectivity index (χ2v) is 7.95. The summed E-state index contributed by atoms with van der Waals surface area (Å²) in [5.41, 5.74) is 1.18. The number of hydrogen-bond acceptors (Lipinski definition) is 7. The van der Waals surface area contributed by atoms with Gasteiger partial charge < -0.3 is 14.8 Å². The highest BCUT2D eigenvalue weighted by Crippen LogP contribution is 2.31. The molecule has 1 N–H and O–H groups in total. The van der Waals surface area contributed by atoms with Crippen LogP contribution in [0.25, 0.3) is 10.9 Å². The Morgan fingerprint density at radius 2 is 1.82 bits per heavy atom.